The SMILES string of the molecule is CCNc1cccc(S(=O)(=O)C(=O)OCc2ccccc2)c1. The fourth-order valence-corrected chi connectivity index (χ4v) is 2.81. The van der Waals surface area contributed by atoms with E-state index in [9.17, 15) is 13.2 Å². The Balaban J connectivity index is 2.12. The van der Waals surface area contributed by atoms with Gasteiger partial charge >= 0.3 is 5.30 Å². The maximum Gasteiger partial charge on any atom is 0.429 e. The van der Waals surface area contributed by atoms with Gasteiger partial charge in [0.15, 0.2) is 0 Å². The monoisotopic (exact) mass is 319 g/mol. The molecule has 0 heterocycles. The molecule has 0 amide bonds. The summed E-state index contributed by atoms with van der Waals surface area (Å²) >= 11 is 0. The van der Waals surface area contributed by atoms with Crippen LogP contribution in [0.15, 0.2) is 59.5 Å². The molecule has 0 aliphatic rings. The topological polar surface area (TPSA) is 72.5 Å². The Labute approximate surface area is 129 Å². The van der Waals surface area contributed by atoms with Gasteiger partial charge in [0.25, 0.3) is 9.84 Å². The molecule has 0 saturated heterocycles. The highest BCUT2D eigenvalue weighted by atomic mass is 32.2. The Morgan fingerprint density at radius 3 is 2.50 bits per heavy atom. The minimum Gasteiger partial charge on any atom is -0.449 e. The zero-order valence-corrected chi connectivity index (χ0v) is 13.0. The fraction of sp³-hybridized carbons (Fsp3) is 0.188. The smallest absolute Gasteiger partial charge is 0.429 e. The second kappa shape index (κ2) is 7.09. The van der Waals surface area contributed by atoms with E-state index in [1.165, 1.54) is 12.1 Å². The van der Waals surface area contributed by atoms with E-state index in [4.69, 9.17) is 4.74 Å². The van der Waals surface area contributed by atoms with Crippen LogP contribution >= 0.6 is 0 Å². The quantitative estimate of drug-likeness (QED) is 0.857. The van der Waals surface area contributed by atoms with Crippen molar-refractivity contribution >= 4 is 20.8 Å². The second-order valence-corrected chi connectivity index (χ2v) is 6.40. The van der Waals surface area contributed by atoms with Gasteiger partial charge < -0.3 is 10.1 Å². The van der Waals surface area contributed by atoms with E-state index in [1.807, 2.05) is 13.0 Å². The van der Waals surface area contributed by atoms with E-state index >= 15 is 0 Å². The van der Waals surface area contributed by atoms with Crippen LogP contribution in [0.3, 0.4) is 0 Å². The van der Waals surface area contributed by atoms with Crippen LogP contribution in [0.25, 0.3) is 0 Å². The van der Waals surface area contributed by atoms with Crippen LogP contribution in [0.2, 0.25) is 0 Å². The number of carbonyl (C=O) groups is 1. The zero-order chi connectivity index (χ0) is 16.0. The lowest BCUT2D eigenvalue weighted by Crippen LogP contribution is -2.16. The molecule has 0 aliphatic carbocycles. The van der Waals surface area contributed by atoms with Gasteiger partial charge in [0.05, 0.1) is 4.90 Å². The van der Waals surface area contributed by atoms with E-state index in [-0.39, 0.29) is 11.5 Å². The largest absolute Gasteiger partial charge is 0.449 e. The number of rotatable bonds is 5. The average molecular weight is 319 g/mol. The van der Waals surface area contributed by atoms with Gasteiger partial charge in [-0.05, 0) is 30.7 Å². The van der Waals surface area contributed by atoms with Crippen molar-refractivity contribution in [2.75, 3.05) is 11.9 Å². The van der Waals surface area contributed by atoms with E-state index in [1.54, 1.807) is 36.4 Å². The fourth-order valence-electron chi connectivity index (χ4n) is 1.87. The number of ether oxygens (including phenoxy) is 1. The summed E-state index contributed by atoms with van der Waals surface area (Å²) < 4.78 is 29.3. The van der Waals surface area contributed by atoms with Crippen molar-refractivity contribution in [2.24, 2.45) is 0 Å². The molecule has 2 aromatic rings. The van der Waals surface area contributed by atoms with Gasteiger partial charge in [-0.25, -0.2) is 13.2 Å². The summed E-state index contributed by atoms with van der Waals surface area (Å²) in [6.45, 7) is 2.48. The minimum absolute atomic E-state index is 0.0776. The molecule has 0 aromatic heterocycles. The molecule has 0 saturated carbocycles. The van der Waals surface area contributed by atoms with Crippen LogP contribution in [-0.4, -0.2) is 20.3 Å². The lowest BCUT2D eigenvalue weighted by Gasteiger charge is -2.08. The third-order valence-corrected chi connectivity index (χ3v) is 4.38. The lowest BCUT2D eigenvalue weighted by molar-refractivity contribution is 0.166. The number of hydrogen-bond acceptors (Lipinski definition) is 5. The molecule has 0 spiro atoms. The summed E-state index contributed by atoms with van der Waals surface area (Å²) in [6.07, 6.45) is 0. The summed E-state index contributed by atoms with van der Waals surface area (Å²) in [7, 11) is -4.15. The van der Waals surface area contributed by atoms with Crippen molar-refractivity contribution in [3.63, 3.8) is 0 Å². The molecule has 5 nitrogen and oxygen atoms in total. The molecule has 0 unspecified atom stereocenters. The summed E-state index contributed by atoms with van der Waals surface area (Å²) in [4.78, 5) is 11.8. The van der Waals surface area contributed by atoms with Crippen molar-refractivity contribution in [2.45, 2.75) is 18.4 Å². The first-order valence-electron chi connectivity index (χ1n) is 6.83. The second-order valence-electron chi connectivity index (χ2n) is 4.59. The first-order valence-corrected chi connectivity index (χ1v) is 8.32. The predicted octanol–water partition coefficient (Wildman–Crippen LogP) is 3.23. The lowest BCUT2D eigenvalue weighted by atomic mass is 10.2. The predicted molar refractivity (Wildman–Crippen MR) is 84.4 cm³/mol. The van der Waals surface area contributed by atoms with Crippen LogP contribution in [-0.2, 0) is 21.2 Å². The summed E-state index contributed by atoms with van der Waals surface area (Å²) in [5, 5.41) is 1.75. The van der Waals surface area contributed by atoms with Crippen molar-refractivity contribution in [1.82, 2.24) is 0 Å². The summed E-state index contributed by atoms with van der Waals surface area (Å²) in [6, 6.07) is 15.0. The molecule has 22 heavy (non-hydrogen) atoms. The van der Waals surface area contributed by atoms with Crippen molar-refractivity contribution in [3.05, 3.63) is 60.2 Å². The summed E-state index contributed by atoms with van der Waals surface area (Å²) in [5.74, 6) is 0. The van der Waals surface area contributed by atoms with Gasteiger partial charge in [-0.1, -0.05) is 36.4 Å². The molecular formula is C16H17NO4S. The van der Waals surface area contributed by atoms with Gasteiger partial charge in [-0.3, -0.25) is 0 Å². The van der Waals surface area contributed by atoms with E-state index < -0.39 is 15.1 Å². The van der Waals surface area contributed by atoms with Crippen LogP contribution in [0, 0.1) is 0 Å². The number of carbonyl (C=O) groups excluding carboxylic acids is 1. The number of hydrogen-bond donors (Lipinski definition) is 1. The van der Waals surface area contributed by atoms with Crippen molar-refractivity contribution in [3.8, 4) is 0 Å². The Kier molecular flexibility index (Phi) is 5.16. The Bertz CT molecular complexity index is 742. The normalized spacial score (nSPS) is 11.0. The van der Waals surface area contributed by atoms with Gasteiger partial charge in [0, 0.05) is 12.2 Å². The number of nitrogens with one attached hydrogen (secondary N) is 1. The van der Waals surface area contributed by atoms with Crippen LogP contribution in [0.1, 0.15) is 12.5 Å². The molecule has 0 atom stereocenters. The Morgan fingerprint density at radius 2 is 1.82 bits per heavy atom. The van der Waals surface area contributed by atoms with Crippen LogP contribution < -0.4 is 5.32 Å². The number of benzene rings is 2. The molecule has 2 rings (SSSR count). The standard InChI is InChI=1S/C16H17NO4S/c1-2-17-14-9-6-10-15(11-14)22(19,20)16(18)21-12-13-7-4-3-5-8-13/h3-11,17H,2,12H2,1H3. The number of sulfone groups is 1. The molecule has 0 radical (unpaired) electrons. The van der Waals surface area contributed by atoms with Crippen molar-refractivity contribution < 1.29 is 17.9 Å². The maximum atomic E-state index is 12.2. The van der Waals surface area contributed by atoms with E-state index in [0.29, 0.717) is 12.2 Å². The van der Waals surface area contributed by atoms with Gasteiger partial charge in [-0.2, -0.15) is 0 Å². The Morgan fingerprint density at radius 1 is 1.09 bits per heavy atom. The molecular weight excluding hydrogens is 302 g/mol. The molecule has 116 valence electrons. The van der Waals surface area contributed by atoms with Crippen molar-refractivity contribution in [1.29, 1.82) is 0 Å². The molecule has 0 fully saturated rings. The minimum atomic E-state index is -4.15. The number of anilines is 1. The van der Waals surface area contributed by atoms with Gasteiger partial charge in [0.2, 0.25) is 0 Å². The Hall–Kier alpha value is -2.34. The maximum absolute atomic E-state index is 12.2. The molecule has 2 aromatic carbocycles. The first-order chi connectivity index (χ1) is 10.5. The molecule has 6 heteroatoms. The average Bonchev–Trinajstić information content (AvgIpc) is 2.54. The molecule has 1 N–H and O–H groups in total. The highest BCUT2D eigenvalue weighted by Crippen LogP contribution is 2.18. The summed E-state index contributed by atoms with van der Waals surface area (Å²) in [5.41, 5.74) is 1.37. The highest BCUT2D eigenvalue weighted by Gasteiger charge is 2.27. The highest BCUT2D eigenvalue weighted by molar-refractivity contribution is 8.05. The molecule has 0 aliphatic heterocycles. The first kappa shape index (κ1) is 16.0. The zero-order valence-electron chi connectivity index (χ0n) is 12.2. The van der Waals surface area contributed by atoms with E-state index in [2.05, 4.69) is 5.32 Å². The third kappa shape index (κ3) is 3.85. The van der Waals surface area contributed by atoms with Crippen LogP contribution in [0.5, 0.6) is 0 Å². The van der Waals surface area contributed by atoms with E-state index in [0.717, 1.165) is 5.56 Å². The third-order valence-electron chi connectivity index (χ3n) is 2.94. The van der Waals surface area contributed by atoms with Gasteiger partial charge in [-0.15, -0.1) is 0 Å². The van der Waals surface area contributed by atoms with Crippen LogP contribution in [0.4, 0.5) is 10.5 Å². The van der Waals surface area contributed by atoms with Gasteiger partial charge in [0.1, 0.15) is 6.61 Å². The molecule has 0 bridgehead atoms.